The SMILES string of the molecule is COC(=O)c1cc([C@@H]2CC[NH2+]C[C@@H]2C)ccc1F. The minimum absolute atomic E-state index is 0.0387. The number of halogens is 1. The Kier molecular flexibility index (Phi) is 3.97. The summed E-state index contributed by atoms with van der Waals surface area (Å²) in [5.74, 6) is -0.182. The van der Waals surface area contributed by atoms with Crippen LogP contribution < -0.4 is 5.32 Å². The predicted molar refractivity (Wildman–Crippen MR) is 65.9 cm³/mol. The lowest BCUT2D eigenvalue weighted by Gasteiger charge is -2.27. The summed E-state index contributed by atoms with van der Waals surface area (Å²) in [5.41, 5.74) is 1.08. The largest absolute Gasteiger partial charge is 0.465 e. The fraction of sp³-hybridized carbons (Fsp3) is 0.500. The van der Waals surface area contributed by atoms with Gasteiger partial charge in [0, 0.05) is 12.3 Å². The lowest BCUT2D eigenvalue weighted by molar-refractivity contribution is -0.669. The smallest absolute Gasteiger partial charge is 0.340 e. The standard InChI is InChI=1S/C14H18FNO2/c1-9-8-16-6-5-11(9)10-3-4-13(15)12(7-10)14(17)18-2/h3-4,7,9,11,16H,5-6,8H2,1-2H3/p+1/t9-,11+/m0/s1. The molecule has 0 aliphatic carbocycles. The van der Waals surface area contributed by atoms with Gasteiger partial charge in [-0.15, -0.1) is 0 Å². The molecule has 0 radical (unpaired) electrons. The van der Waals surface area contributed by atoms with Crippen LogP contribution >= 0.6 is 0 Å². The number of quaternary nitrogens is 1. The van der Waals surface area contributed by atoms with E-state index in [-0.39, 0.29) is 5.56 Å². The second-order valence-corrected chi connectivity index (χ2v) is 4.92. The molecule has 98 valence electrons. The topological polar surface area (TPSA) is 42.9 Å². The van der Waals surface area contributed by atoms with Crippen LogP contribution in [0, 0.1) is 11.7 Å². The van der Waals surface area contributed by atoms with Crippen LogP contribution in [0.2, 0.25) is 0 Å². The number of benzene rings is 1. The number of ether oxygens (including phenoxy) is 1. The monoisotopic (exact) mass is 252 g/mol. The van der Waals surface area contributed by atoms with E-state index in [1.807, 2.05) is 0 Å². The lowest BCUT2D eigenvalue weighted by atomic mass is 9.82. The molecule has 0 spiro atoms. The molecule has 0 amide bonds. The highest BCUT2D eigenvalue weighted by atomic mass is 19.1. The van der Waals surface area contributed by atoms with Gasteiger partial charge in [0.25, 0.3) is 0 Å². The zero-order chi connectivity index (χ0) is 13.1. The Hall–Kier alpha value is -1.42. The van der Waals surface area contributed by atoms with Gasteiger partial charge in [-0.25, -0.2) is 9.18 Å². The number of rotatable bonds is 2. The highest BCUT2D eigenvalue weighted by Crippen LogP contribution is 2.29. The number of carbonyl (C=O) groups is 1. The van der Waals surface area contributed by atoms with Crippen LogP contribution in [-0.2, 0) is 4.74 Å². The highest BCUT2D eigenvalue weighted by Gasteiger charge is 2.26. The number of carbonyl (C=O) groups excluding carboxylic acids is 1. The molecule has 2 N–H and O–H groups in total. The molecule has 0 aromatic heterocycles. The molecule has 1 aromatic rings. The molecule has 4 heteroatoms. The third kappa shape index (κ3) is 2.53. The third-order valence-electron chi connectivity index (χ3n) is 3.73. The zero-order valence-electron chi connectivity index (χ0n) is 10.8. The van der Waals surface area contributed by atoms with E-state index in [9.17, 15) is 9.18 Å². The van der Waals surface area contributed by atoms with E-state index in [1.54, 1.807) is 12.1 Å². The van der Waals surface area contributed by atoms with Gasteiger partial charge in [-0.3, -0.25) is 0 Å². The maximum absolute atomic E-state index is 13.6. The van der Waals surface area contributed by atoms with Crippen LogP contribution in [0.25, 0.3) is 0 Å². The molecule has 2 atom stereocenters. The first-order chi connectivity index (χ1) is 8.63. The molecule has 0 unspecified atom stereocenters. The molecule has 1 aliphatic rings. The number of nitrogens with two attached hydrogens (primary N) is 1. The maximum atomic E-state index is 13.6. The number of esters is 1. The normalized spacial score (nSPS) is 23.7. The van der Waals surface area contributed by atoms with Crippen molar-refractivity contribution in [3.63, 3.8) is 0 Å². The Balaban J connectivity index is 2.31. The molecule has 18 heavy (non-hydrogen) atoms. The van der Waals surface area contributed by atoms with Gasteiger partial charge in [-0.1, -0.05) is 13.0 Å². The van der Waals surface area contributed by atoms with E-state index in [2.05, 4.69) is 17.0 Å². The molecule has 1 fully saturated rings. The average molecular weight is 252 g/mol. The third-order valence-corrected chi connectivity index (χ3v) is 3.73. The Morgan fingerprint density at radius 1 is 1.50 bits per heavy atom. The van der Waals surface area contributed by atoms with Gasteiger partial charge in [0.1, 0.15) is 5.82 Å². The summed E-state index contributed by atoms with van der Waals surface area (Å²) in [6.45, 7) is 4.36. The van der Waals surface area contributed by atoms with Gasteiger partial charge < -0.3 is 10.1 Å². The highest BCUT2D eigenvalue weighted by molar-refractivity contribution is 5.89. The molecular formula is C14H19FNO2+. The molecule has 1 aromatic carbocycles. The Morgan fingerprint density at radius 3 is 2.94 bits per heavy atom. The van der Waals surface area contributed by atoms with E-state index in [0.717, 1.165) is 25.1 Å². The van der Waals surface area contributed by atoms with Gasteiger partial charge in [-0.2, -0.15) is 0 Å². The molecule has 3 nitrogen and oxygen atoms in total. The number of hydrogen-bond donors (Lipinski definition) is 1. The van der Waals surface area contributed by atoms with Crippen LogP contribution in [0.4, 0.5) is 4.39 Å². The van der Waals surface area contributed by atoms with Crippen molar-refractivity contribution in [2.45, 2.75) is 19.3 Å². The minimum Gasteiger partial charge on any atom is -0.465 e. The fourth-order valence-electron chi connectivity index (χ4n) is 2.66. The van der Waals surface area contributed by atoms with E-state index < -0.39 is 11.8 Å². The summed E-state index contributed by atoms with van der Waals surface area (Å²) < 4.78 is 18.2. The molecular weight excluding hydrogens is 233 g/mol. The molecule has 1 saturated heterocycles. The maximum Gasteiger partial charge on any atom is 0.340 e. The summed E-state index contributed by atoms with van der Waals surface area (Å²) in [7, 11) is 1.27. The first-order valence-corrected chi connectivity index (χ1v) is 6.33. The molecule has 1 heterocycles. The van der Waals surface area contributed by atoms with Crippen molar-refractivity contribution < 1.29 is 19.2 Å². The number of hydrogen-bond acceptors (Lipinski definition) is 2. The first kappa shape index (κ1) is 13.0. The van der Waals surface area contributed by atoms with Crippen LogP contribution in [0.15, 0.2) is 18.2 Å². The number of methoxy groups -OCH3 is 1. The van der Waals surface area contributed by atoms with E-state index in [0.29, 0.717) is 11.8 Å². The Labute approximate surface area is 106 Å². The molecule has 0 bridgehead atoms. The van der Waals surface area contributed by atoms with Crippen LogP contribution in [0.1, 0.15) is 35.2 Å². The molecule has 1 aliphatic heterocycles. The van der Waals surface area contributed by atoms with Gasteiger partial charge in [0.05, 0.1) is 25.8 Å². The van der Waals surface area contributed by atoms with E-state index in [1.165, 1.54) is 13.2 Å². The Bertz CT molecular complexity index is 447. The van der Waals surface area contributed by atoms with Crippen LogP contribution in [-0.4, -0.2) is 26.2 Å². The van der Waals surface area contributed by atoms with Crippen molar-refractivity contribution in [1.29, 1.82) is 0 Å². The molecule has 2 rings (SSSR count). The van der Waals surface area contributed by atoms with Gasteiger partial charge in [0.15, 0.2) is 0 Å². The van der Waals surface area contributed by atoms with Gasteiger partial charge >= 0.3 is 5.97 Å². The summed E-state index contributed by atoms with van der Waals surface area (Å²) >= 11 is 0. The van der Waals surface area contributed by atoms with Crippen molar-refractivity contribution in [2.75, 3.05) is 20.2 Å². The van der Waals surface area contributed by atoms with Crippen molar-refractivity contribution in [3.05, 3.63) is 35.1 Å². The van der Waals surface area contributed by atoms with Crippen LogP contribution in [0.5, 0.6) is 0 Å². The van der Waals surface area contributed by atoms with Gasteiger partial charge in [0.2, 0.25) is 0 Å². The fourth-order valence-corrected chi connectivity index (χ4v) is 2.66. The second-order valence-electron chi connectivity index (χ2n) is 4.92. The lowest BCUT2D eigenvalue weighted by Crippen LogP contribution is -2.87. The summed E-state index contributed by atoms with van der Waals surface area (Å²) in [5, 5.41) is 2.30. The average Bonchev–Trinajstić information content (AvgIpc) is 2.39. The van der Waals surface area contributed by atoms with Crippen molar-refractivity contribution in [2.24, 2.45) is 5.92 Å². The summed E-state index contributed by atoms with van der Waals surface area (Å²) in [6, 6.07) is 4.80. The summed E-state index contributed by atoms with van der Waals surface area (Å²) in [6.07, 6.45) is 1.06. The first-order valence-electron chi connectivity index (χ1n) is 6.33. The number of piperidine rings is 1. The van der Waals surface area contributed by atoms with Crippen molar-refractivity contribution >= 4 is 5.97 Å². The van der Waals surface area contributed by atoms with Gasteiger partial charge in [-0.05, 0) is 23.6 Å². The van der Waals surface area contributed by atoms with Crippen LogP contribution in [0.3, 0.4) is 0 Å². The van der Waals surface area contributed by atoms with Crippen molar-refractivity contribution in [3.8, 4) is 0 Å². The Morgan fingerprint density at radius 2 is 2.28 bits per heavy atom. The summed E-state index contributed by atoms with van der Waals surface area (Å²) in [4.78, 5) is 11.5. The van der Waals surface area contributed by atoms with Crippen molar-refractivity contribution in [1.82, 2.24) is 0 Å². The minimum atomic E-state index is -0.607. The quantitative estimate of drug-likeness (QED) is 0.806. The van der Waals surface area contributed by atoms with E-state index >= 15 is 0 Å². The second kappa shape index (κ2) is 5.48. The molecule has 0 saturated carbocycles. The van der Waals surface area contributed by atoms with E-state index in [4.69, 9.17) is 0 Å². The zero-order valence-corrected chi connectivity index (χ0v) is 10.8. The predicted octanol–water partition coefficient (Wildman–Crippen LogP) is 1.30.